The van der Waals surface area contributed by atoms with E-state index in [4.69, 9.17) is 21.1 Å². The van der Waals surface area contributed by atoms with Gasteiger partial charge < -0.3 is 4.42 Å². The zero-order valence-corrected chi connectivity index (χ0v) is 17.2. The quantitative estimate of drug-likeness (QED) is 0.225. The standard InChI is InChI=1S/C24H15ClN2O2S/c25-23-13-12-22(30-23)19(28)11-10-17-15-27(18-7-2-1-3-8-18)26-24(17)21-14-16-6-4-5-9-20(16)29-21/h1-15H. The molecule has 0 saturated carbocycles. The molecule has 5 rings (SSSR count). The van der Waals surface area contributed by atoms with Gasteiger partial charge in [-0.15, -0.1) is 11.3 Å². The topological polar surface area (TPSA) is 48.0 Å². The molecule has 30 heavy (non-hydrogen) atoms. The van der Waals surface area contributed by atoms with E-state index in [1.165, 1.54) is 11.3 Å². The molecule has 6 heteroatoms. The summed E-state index contributed by atoms with van der Waals surface area (Å²) < 4.78 is 8.40. The van der Waals surface area contributed by atoms with E-state index < -0.39 is 0 Å². The first-order valence-corrected chi connectivity index (χ1v) is 10.5. The molecule has 5 aromatic rings. The Hall–Kier alpha value is -3.41. The van der Waals surface area contributed by atoms with Crippen molar-refractivity contribution in [3.8, 4) is 17.1 Å². The molecule has 0 unspecified atom stereocenters. The minimum absolute atomic E-state index is 0.102. The highest BCUT2D eigenvalue weighted by atomic mass is 35.5. The Bertz CT molecular complexity index is 1350. The first-order valence-electron chi connectivity index (χ1n) is 9.29. The number of carbonyl (C=O) groups is 1. The number of hydrogen-bond donors (Lipinski definition) is 0. The maximum Gasteiger partial charge on any atom is 0.195 e. The van der Waals surface area contributed by atoms with E-state index in [2.05, 4.69) is 0 Å². The molecule has 0 spiro atoms. The van der Waals surface area contributed by atoms with Crippen LogP contribution < -0.4 is 0 Å². The zero-order chi connectivity index (χ0) is 20.5. The largest absolute Gasteiger partial charge is 0.454 e. The average molecular weight is 431 g/mol. The summed E-state index contributed by atoms with van der Waals surface area (Å²) in [6.07, 6.45) is 5.20. The van der Waals surface area contributed by atoms with Crippen LogP contribution in [0.5, 0.6) is 0 Å². The molecular formula is C24H15ClN2O2S. The minimum atomic E-state index is -0.102. The maximum atomic E-state index is 12.5. The maximum absolute atomic E-state index is 12.5. The summed E-state index contributed by atoms with van der Waals surface area (Å²) in [5.41, 5.74) is 3.17. The van der Waals surface area contributed by atoms with Gasteiger partial charge in [0.2, 0.25) is 0 Å². The van der Waals surface area contributed by atoms with E-state index in [0.29, 0.717) is 20.7 Å². The number of nitrogens with zero attached hydrogens (tertiary/aromatic N) is 2. The number of ketones is 1. The van der Waals surface area contributed by atoms with Crippen molar-refractivity contribution in [3.63, 3.8) is 0 Å². The van der Waals surface area contributed by atoms with Crippen LogP contribution in [-0.2, 0) is 0 Å². The van der Waals surface area contributed by atoms with Gasteiger partial charge in [0, 0.05) is 17.1 Å². The van der Waals surface area contributed by atoms with Gasteiger partial charge >= 0.3 is 0 Å². The predicted octanol–water partition coefficient (Wildman–Crippen LogP) is 6.90. The third kappa shape index (κ3) is 3.61. The number of furan rings is 1. The Balaban J connectivity index is 1.58. The fourth-order valence-corrected chi connectivity index (χ4v) is 4.17. The number of halogens is 1. The van der Waals surface area contributed by atoms with E-state index in [-0.39, 0.29) is 5.78 Å². The summed E-state index contributed by atoms with van der Waals surface area (Å²) in [6.45, 7) is 0. The number of thiophene rings is 1. The SMILES string of the molecule is O=C(C=Cc1cn(-c2ccccc2)nc1-c1cc2ccccc2o1)c1ccc(Cl)s1. The number of aromatic nitrogens is 2. The van der Waals surface area contributed by atoms with Crippen LogP contribution in [0.15, 0.2) is 89.5 Å². The molecule has 0 aliphatic rings. The summed E-state index contributed by atoms with van der Waals surface area (Å²) in [5.74, 6) is 0.548. The van der Waals surface area contributed by atoms with Crippen molar-refractivity contribution in [2.24, 2.45) is 0 Å². The Kier molecular flexibility index (Phi) is 4.83. The third-order valence-electron chi connectivity index (χ3n) is 4.65. The molecule has 0 amide bonds. The van der Waals surface area contributed by atoms with E-state index in [1.807, 2.05) is 66.9 Å². The second kappa shape index (κ2) is 7.78. The van der Waals surface area contributed by atoms with Gasteiger partial charge in [0.25, 0.3) is 0 Å². The van der Waals surface area contributed by atoms with Crippen molar-refractivity contribution in [1.29, 1.82) is 0 Å². The van der Waals surface area contributed by atoms with Crippen LogP contribution in [-0.4, -0.2) is 15.6 Å². The van der Waals surface area contributed by atoms with Gasteiger partial charge in [0.1, 0.15) is 11.3 Å². The Morgan fingerprint density at radius 1 is 1.03 bits per heavy atom. The molecule has 0 radical (unpaired) electrons. The molecule has 0 aliphatic heterocycles. The molecular weight excluding hydrogens is 416 g/mol. The number of para-hydroxylation sites is 2. The van der Waals surface area contributed by atoms with Gasteiger partial charge in [-0.25, -0.2) is 4.68 Å². The molecule has 2 aromatic carbocycles. The number of hydrogen-bond acceptors (Lipinski definition) is 4. The van der Waals surface area contributed by atoms with Crippen molar-refractivity contribution in [2.75, 3.05) is 0 Å². The summed E-state index contributed by atoms with van der Waals surface area (Å²) in [7, 11) is 0. The first kappa shape index (κ1) is 18.6. The predicted molar refractivity (Wildman–Crippen MR) is 121 cm³/mol. The monoisotopic (exact) mass is 430 g/mol. The summed E-state index contributed by atoms with van der Waals surface area (Å²) in [5, 5.41) is 5.74. The van der Waals surface area contributed by atoms with Crippen molar-refractivity contribution in [1.82, 2.24) is 9.78 Å². The highest BCUT2D eigenvalue weighted by Gasteiger charge is 2.15. The summed E-state index contributed by atoms with van der Waals surface area (Å²) in [6, 6.07) is 23.1. The van der Waals surface area contributed by atoms with Gasteiger partial charge in [0.05, 0.1) is 14.9 Å². The molecule has 0 fully saturated rings. The van der Waals surface area contributed by atoms with E-state index in [1.54, 1.807) is 29.0 Å². The fraction of sp³-hybridized carbons (Fsp3) is 0. The normalized spacial score (nSPS) is 11.5. The van der Waals surface area contributed by atoms with Gasteiger partial charge in [0.15, 0.2) is 11.5 Å². The lowest BCUT2D eigenvalue weighted by Crippen LogP contribution is -1.93. The molecule has 0 bridgehead atoms. The van der Waals surface area contributed by atoms with Crippen LogP contribution in [0.3, 0.4) is 0 Å². The summed E-state index contributed by atoms with van der Waals surface area (Å²) in [4.78, 5) is 13.1. The van der Waals surface area contributed by atoms with E-state index in [9.17, 15) is 4.79 Å². The number of rotatable bonds is 5. The molecule has 0 saturated heterocycles. The summed E-state index contributed by atoms with van der Waals surface area (Å²) >= 11 is 7.22. The number of fused-ring (bicyclic) bond motifs is 1. The van der Waals surface area contributed by atoms with Gasteiger partial charge in [-0.2, -0.15) is 5.10 Å². The number of allylic oxidation sites excluding steroid dienone is 1. The Labute approximate surface area is 181 Å². The highest BCUT2D eigenvalue weighted by Crippen LogP contribution is 2.31. The van der Waals surface area contributed by atoms with Crippen LogP contribution in [0.1, 0.15) is 15.2 Å². The third-order valence-corrected chi connectivity index (χ3v) is 5.90. The molecule has 146 valence electrons. The zero-order valence-electron chi connectivity index (χ0n) is 15.7. The molecule has 3 aromatic heterocycles. The second-order valence-corrected chi connectivity index (χ2v) is 8.38. The van der Waals surface area contributed by atoms with E-state index in [0.717, 1.165) is 22.2 Å². The number of benzene rings is 2. The van der Waals surface area contributed by atoms with Crippen LogP contribution in [0, 0.1) is 0 Å². The second-order valence-electron chi connectivity index (χ2n) is 6.66. The van der Waals surface area contributed by atoms with Crippen LogP contribution in [0.2, 0.25) is 4.34 Å². The highest BCUT2D eigenvalue weighted by molar-refractivity contribution is 7.18. The minimum Gasteiger partial charge on any atom is -0.454 e. The fourth-order valence-electron chi connectivity index (χ4n) is 3.21. The number of carbonyl (C=O) groups excluding carboxylic acids is 1. The lowest BCUT2D eigenvalue weighted by atomic mass is 10.1. The van der Waals surface area contributed by atoms with Crippen LogP contribution >= 0.6 is 22.9 Å². The molecule has 0 aliphatic carbocycles. The lowest BCUT2D eigenvalue weighted by Gasteiger charge is -1.98. The molecule has 0 N–H and O–H groups in total. The first-order chi connectivity index (χ1) is 14.7. The molecule has 4 nitrogen and oxygen atoms in total. The lowest BCUT2D eigenvalue weighted by molar-refractivity contribution is 0.105. The van der Waals surface area contributed by atoms with Gasteiger partial charge in [-0.05, 0) is 48.6 Å². The van der Waals surface area contributed by atoms with Crippen molar-refractivity contribution in [3.05, 3.63) is 99.8 Å². The molecule has 0 atom stereocenters. The van der Waals surface area contributed by atoms with Gasteiger partial charge in [-0.3, -0.25) is 4.79 Å². The Morgan fingerprint density at radius 2 is 1.83 bits per heavy atom. The van der Waals surface area contributed by atoms with Crippen LogP contribution in [0.25, 0.3) is 34.2 Å². The van der Waals surface area contributed by atoms with Crippen molar-refractivity contribution < 1.29 is 9.21 Å². The Morgan fingerprint density at radius 3 is 2.60 bits per heavy atom. The van der Waals surface area contributed by atoms with Gasteiger partial charge in [-0.1, -0.05) is 48.0 Å². The van der Waals surface area contributed by atoms with Crippen molar-refractivity contribution >= 4 is 45.8 Å². The smallest absolute Gasteiger partial charge is 0.195 e. The average Bonchev–Trinajstić information content (AvgIpc) is 3.50. The molecule has 3 heterocycles. The van der Waals surface area contributed by atoms with Crippen molar-refractivity contribution in [2.45, 2.75) is 0 Å². The van der Waals surface area contributed by atoms with E-state index >= 15 is 0 Å². The van der Waals surface area contributed by atoms with Crippen LogP contribution in [0.4, 0.5) is 0 Å².